The summed E-state index contributed by atoms with van der Waals surface area (Å²) in [6, 6.07) is 3.63. The average Bonchev–Trinajstić information content (AvgIpc) is 2.94. The number of hydrogen-bond donors (Lipinski definition) is 3. The van der Waals surface area contributed by atoms with Crippen LogP contribution in [0.5, 0.6) is 5.75 Å². The van der Waals surface area contributed by atoms with Gasteiger partial charge < -0.3 is 15.5 Å². The van der Waals surface area contributed by atoms with Gasteiger partial charge in [0.25, 0.3) is 5.69 Å². The zero-order valence-corrected chi connectivity index (χ0v) is 11.4. The number of phenolic OH excluding ortho intramolecular Hbond substituents is 1. The van der Waals surface area contributed by atoms with Crippen LogP contribution in [0.1, 0.15) is 13.8 Å². The Morgan fingerprint density at radius 3 is 2.43 bits per heavy atom. The molecule has 21 heavy (non-hydrogen) atoms. The summed E-state index contributed by atoms with van der Waals surface area (Å²) in [5.41, 5.74) is -1.50. The Balaban J connectivity index is 2.26. The van der Waals surface area contributed by atoms with Gasteiger partial charge >= 0.3 is 5.97 Å². The molecule has 1 saturated carbocycles. The van der Waals surface area contributed by atoms with E-state index in [1.807, 2.05) is 0 Å². The molecule has 0 heterocycles. The van der Waals surface area contributed by atoms with Crippen LogP contribution in [0, 0.1) is 27.4 Å². The number of amides is 1. The third-order valence-electron chi connectivity index (χ3n) is 3.84. The third kappa shape index (κ3) is 2.39. The summed E-state index contributed by atoms with van der Waals surface area (Å²) >= 11 is 0. The number of carboxylic acid groups (broad SMARTS) is 1. The van der Waals surface area contributed by atoms with Crippen molar-refractivity contribution in [1.29, 1.82) is 0 Å². The highest BCUT2D eigenvalue weighted by molar-refractivity contribution is 6.02. The highest BCUT2D eigenvalue weighted by Crippen LogP contribution is 2.58. The molecular formula is C13H14N2O6. The largest absolute Gasteiger partial charge is 0.505 e. The summed E-state index contributed by atoms with van der Waals surface area (Å²) in [5, 5.41) is 31.9. The summed E-state index contributed by atoms with van der Waals surface area (Å²) in [4.78, 5) is 33.3. The molecule has 0 radical (unpaired) electrons. The lowest BCUT2D eigenvalue weighted by molar-refractivity contribution is -0.384. The number of carbonyl (C=O) groups excluding carboxylic acids is 1. The summed E-state index contributed by atoms with van der Waals surface area (Å²) < 4.78 is 0. The molecule has 3 N–H and O–H groups in total. The molecule has 0 saturated heterocycles. The van der Waals surface area contributed by atoms with Gasteiger partial charge in [-0.2, -0.15) is 0 Å². The van der Waals surface area contributed by atoms with Gasteiger partial charge in [0.1, 0.15) is 5.75 Å². The number of carboxylic acids is 1. The van der Waals surface area contributed by atoms with Crippen LogP contribution in [0.25, 0.3) is 0 Å². The average molecular weight is 294 g/mol. The maximum atomic E-state index is 12.1. The lowest BCUT2D eigenvalue weighted by atomic mass is 10.1. The van der Waals surface area contributed by atoms with Gasteiger partial charge in [0, 0.05) is 6.07 Å². The molecule has 0 bridgehead atoms. The number of nitrogens with one attached hydrogen (secondary N) is 1. The Labute approximate surface area is 119 Å². The molecule has 2 unspecified atom stereocenters. The first-order valence-corrected chi connectivity index (χ1v) is 6.18. The number of carbonyl (C=O) groups is 2. The molecule has 1 fully saturated rings. The first kappa shape index (κ1) is 14.8. The first-order valence-electron chi connectivity index (χ1n) is 6.18. The van der Waals surface area contributed by atoms with E-state index < -0.39 is 45.5 Å². The van der Waals surface area contributed by atoms with Crippen LogP contribution < -0.4 is 5.32 Å². The van der Waals surface area contributed by atoms with Gasteiger partial charge in [0.05, 0.1) is 16.8 Å². The highest BCUT2D eigenvalue weighted by atomic mass is 16.6. The highest BCUT2D eigenvalue weighted by Gasteiger charge is 2.66. The molecule has 112 valence electrons. The van der Waals surface area contributed by atoms with Crippen LogP contribution >= 0.6 is 0 Å². The van der Waals surface area contributed by atoms with E-state index in [1.54, 1.807) is 13.8 Å². The Kier molecular flexibility index (Phi) is 3.32. The lowest BCUT2D eigenvalue weighted by Crippen LogP contribution is -2.18. The van der Waals surface area contributed by atoms with Gasteiger partial charge in [-0.3, -0.25) is 19.7 Å². The topological polar surface area (TPSA) is 130 Å². The van der Waals surface area contributed by atoms with Crippen molar-refractivity contribution in [2.45, 2.75) is 13.8 Å². The predicted molar refractivity (Wildman–Crippen MR) is 71.8 cm³/mol. The van der Waals surface area contributed by atoms with Crippen molar-refractivity contribution in [1.82, 2.24) is 0 Å². The number of benzene rings is 1. The normalized spacial score (nSPS) is 22.4. The second kappa shape index (κ2) is 4.72. The van der Waals surface area contributed by atoms with Gasteiger partial charge in [-0.05, 0) is 11.5 Å². The lowest BCUT2D eigenvalue weighted by Gasteiger charge is -2.08. The van der Waals surface area contributed by atoms with E-state index in [-0.39, 0.29) is 5.69 Å². The smallest absolute Gasteiger partial charge is 0.307 e. The number of anilines is 1. The Morgan fingerprint density at radius 1 is 1.33 bits per heavy atom. The summed E-state index contributed by atoms with van der Waals surface area (Å²) in [6.45, 7) is 3.27. The number of nitro groups is 1. The van der Waals surface area contributed by atoms with Gasteiger partial charge in [-0.25, -0.2) is 0 Å². The van der Waals surface area contributed by atoms with Gasteiger partial charge in [-0.15, -0.1) is 0 Å². The molecule has 1 aliphatic carbocycles. The number of nitrogens with zero attached hydrogens (tertiary/aromatic N) is 1. The Morgan fingerprint density at radius 2 is 1.95 bits per heavy atom. The minimum Gasteiger partial charge on any atom is -0.505 e. The minimum atomic E-state index is -1.09. The molecule has 2 atom stereocenters. The van der Waals surface area contributed by atoms with Crippen LogP contribution in [0.3, 0.4) is 0 Å². The van der Waals surface area contributed by atoms with E-state index in [0.29, 0.717) is 0 Å². The quantitative estimate of drug-likeness (QED) is 0.439. The molecular weight excluding hydrogens is 280 g/mol. The van der Waals surface area contributed by atoms with Crippen molar-refractivity contribution in [3.63, 3.8) is 0 Å². The van der Waals surface area contributed by atoms with E-state index >= 15 is 0 Å². The van der Waals surface area contributed by atoms with E-state index in [4.69, 9.17) is 5.11 Å². The number of nitro benzene ring substituents is 1. The number of aliphatic carboxylic acids is 1. The fraction of sp³-hybridized carbons (Fsp3) is 0.385. The number of hydrogen-bond acceptors (Lipinski definition) is 5. The SMILES string of the molecule is CC1(C)C(C(=O)O)C1C(=O)Nc1c(O)cccc1[N+](=O)[O-]. The summed E-state index contributed by atoms with van der Waals surface area (Å²) in [7, 11) is 0. The van der Waals surface area contributed by atoms with Gasteiger partial charge in [0.15, 0.2) is 5.69 Å². The maximum absolute atomic E-state index is 12.1. The molecule has 1 aromatic rings. The second-order valence-corrected chi connectivity index (χ2v) is 5.53. The van der Waals surface area contributed by atoms with Crippen LogP contribution in [0.4, 0.5) is 11.4 Å². The van der Waals surface area contributed by atoms with Crippen LogP contribution in [0.15, 0.2) is 18.2 Å². The van der Waals surface area contributed by atoms with Gasteiger partial charge in [0.2, 0.25) is 5.91 Å². The van der Waals surface area contributed by atoms with E-state index in [1.165, 1.54) is 12.1 Å². The third-order valence-corrected chi connectivity index (χ3v) is 3.84. The number of para-hydroxylation sites is 1. The van der Waals surface area contributed by atoms with Crippen LogP contribution in [-0.2, 0) is 9.59 Å². The number of aromatic hydroxyl groups is 1. The molecule has 1 amide bonds. The van der Waals surface area contributed by atoms with E-state index in [9.17, 15) is 24.8 Å². The Hall–Kier alpha value is -2.64. The van der Waals surface area contributed by atoms with Crippen LogP contribution in [-0.4, -0.2) is 27.0 Å². The van der Waals surface area contributed by atoms with Crippen molar-refractivity contribution in [3.8, 4) is 5.75 Å². The fourth-order valence-electron chi connectivity index (χ4n) is 2.60. The van der Waals surface area contributed by atoms with Crippen molar-refractivity contribution in [2.75, 3.05) is 5.32 Å². The molecule has 2 rings (SSSR count). The van der Waals surface area contributed by atoms with E-state index in [0.717, 1.165) is 6.07 Å². The first-order chi connectivity index (χ1) is 9.67. The monoisotopic (exact) mass is 294 g/mol. The summed E-state index contributed by atoms with van der Waals surface area (Å²) in [5.74, 6) is -3.83. The summed E-state index contributed by atoms with van der Waals surface area (Å²) in [6.07, 6.45) is 0. The van der Waals surface area contributed by atoms with Crippen molar-refractivity contribution >= 4 is 23.3 Å². The zero-order valence-electron chi connectivity index (χ0n) is 11.4. The molecule has 0 aromatic heterocycles. The molecule has 0 aliphatic heterocycles. The standard InChI is InChI=1S/C13H14N2O6/c1-13(2)8(9(13)12(18)19)11(17)14-10-6(15(20)21)4-3-5-7(10)16/h3-5,8-9,16H,1-2H3,(H,14,17)(H,18,19). The molecule has 0 spiro atoms. The number of phenols is 1. The van der Waals surface area contributed by atoms with Crippen molar-refractivity contribution < 1.29 is 24.7 Å². The van der Waals surface area contributed by atoms with Crippen molar-refractivity contribution in [2.24, 2.45) is 17.3 Å². The molecule has 1 aromatic carbocycles. The van der Waals surface area contributed by atoms with Crippen LogP contribution in [0.2, 0.25) is 0 Å². The zero-order chi connectivity index (χ0) is 15.9. The predicted octanol–water partition coefficient (Wildman–Crippen LogP) is 1.60. The van der Waals surface area contributed by atoms with E-state index in [2.05, 4.69) is 5.32 Å². The Bertz CT molecular complexity index is 640. The molecule has 8 nitrogen and oxygen atoms in total. The molecule has 8 heteroatoms. The second-order valence-electron chi connectivity index (χ2n) is 5.53. The molecule has 1 aliphatic rings. The van der Waals surface area contributed by atoms with Crippen molar-refractivity contribution in [3.05, 3.63) is 28.3 Å². The maximum Gasteiger partial charge on any atom is 0.307 e. The van der Waals surface area contributed by atoms with Gasteiger partial charge in [-0.1, -0.05) is 19.9 Å². The number of rotatable bonds is 4. The fourth-order valence-corrected chi connectivity index (χ4v) is 2.60. The minimum absolute atomic E-state index is 0.320.